The zero-order chi connectivity index (χ0) is 21.3. The van der Waals surface area contributed by atoms with Crippen molar-refractivity contribution in [3.63, 3.8) is 0 Å². The Balaban J connectivity index is 2.03. The molecule has 1 heterocycles. The third-order valence-electron chi connectivity index (χ3n) is 4.09. The van der Waals surface area contributed by atoms with Crippen LogP contribution in [0, 0.1) is 0 Å². The molecule has 2 aromatic carbocycles. The number of amides is 1. The standard InChI is InChI=1S/C21H18Br2N2O4/c1-11(2)29-19-14(7-15(22)10-18(19)23)9-17-12(3)24-25(20(17)26)16-6-4-5-13(8-16)21(27)28/h4-11H,1-3H3,(H,27,28)/b17-9-. The van der Waals surface area contributed by atoms with Gasteiger partial charge in [0, 0.05) is 10.0 Å². The van der Waals surface area contributed by atoms with Crippen LogP contribution in [0.25, 0.3) is 6.08 Å². The summed E-state index contributed by atoms with van der Waals surface area (Å²) >= 11 is 6.98. The molecule has 150 valence electrons. The van der Waals surface area contributed by atoms with E-state index in [2.05, 4.69) is 37.0 Å². The molecule has 0 aliphatic carbocycles. The number of nitrogens with zero attached hydrogens (tertiary/aromatic N) is 2. The molecule has 0 radical (unpaired) electrons. The second-order valence-electron chi connectivity index (χ2n) is 6.69. The lowest BCUT2D eigenvalue weighted by atomic mass is 10.1. The molecule has 0 fully saturated rings. The van der Waals surface area contributed by atoms with E-state index in [0.29, 0.717) is 22.7 Å². The van der Waals surface area contributed by atoms with Gasteiger partial charge in [-0.05, 0) is 73.1 Å². The van der Waals surface area contributed by atoms with Crippen LogP contribution >= 0.6 is 31.9 Å². The fourth-order valence-corrected chi connectivity index (χ4v) is 4.18. The Hall–Kier alpha value is -2.45. The van der Waals surface area contributed by atoms with Crippen LogP contribution in [0.2, 0.25) is 0 Å². The molecule has 2 aromatic rings. The number of halogens is 2. The number of ether oxygens (including phenoxy) is 1. The predicted molar refractivity (Wildman–Crippen MR) is 120 cm³/mol. The van der Waals surface area contributed by atoms with Gasteiger partial charge in [-0.15, -0.1) is 0 Å². The molecule has 6 nitrogen and oxygen atoms in total. The quantitative estimate of drug-likeness (QED) is 0.526. The summed E-state index contributed by atoms with van der Waals surface area (Å²) in [7, 11) is 0. The maximum atomic E-state index is 13.0. The first-order valence-electron chi connectivity index (χ1n) is 8.78. The minimum atomic E-state index is -1.07. The van der Waals surface area contributed by atoms with Gasteiger partial charge in [0.25, 0.3) is 5.91 Å². The Kier molecular flexibility index (Phi) is 6.24. The normalized spacial score (nSPS) is 15.2. The van der Waals surface area contributed by atoms with Gasteiger partial charge in [0.1, 0.15) is 5.75 Å². The Morgan fingerprint density at radius 1 is 1.24 bits per heavy atom. The smallest absolute Gasteiger partial charge is 0.335 e. The Labute approximate surface area is 185 Å². The summed E-state index contributed by atoms with van der Waals surface area (Å²) < 4.78 is 7.52. The largest absolute Gasteiger partial charge is 0.489 e. The second-order valence-corrected chi connectivity index (χ2v) is 8.46. The van der Waals surface area contributed by atoms with Gasteiger partial charge < -0.3 is 9.84 Å². The molecule has 8 heteroatoms. The highest BCUT2D eigenvalue weighted by Crippen LogP contribution is 2.36. The van der Waals surface area contributed by atoms with E-state index in [-0.39, 0.29) is 17.6 Å². The number of carbonyl (C=O) groups excluding carboxylic acids is 1. The van der Waals surface area contributed by atoms with Gasteiger partial charge in [-0.3, -0.25) is 4.79 Å². The number of rotatable bonds is 5. The maximum Gasteiger partial charge on any atom is 0.335 e. The van der Waals surface area contributed by atoms with Crippen LogP contribution in [0.15, 0.2) is 56.0 Å². The number of hydrogen-bond donors (Lipinski definition) is 1. The monoisotopic (exact) mass is 520 g/mol. The molecular formula is C21H18Br2N2O4. The van der Waals surface area contributed by atoms with E-state index in [1.54, 1.807) is 25.1 Å². The van der Waals surface area contributed by atoms with Gasteiger partial charge in [-0.1, -0.05) is 22.0 Å². The van der Waals surface area contributed by atoms with Crippen molar-refractivity contribution in [1.82, 2.24) is 0 Å². The van der Waals surface area contributed by atoms with Gasteiger partial charge in [0.05, 0.1) is 33.1 Å². The Bertz CT molecular complexity index is 1060. The number of anilines is 1. The number of carbonyl (C=O) groups is 2. The third kappa shape index (κ3) is 4.59. The van der Waals surface area contributed by atoms with Crippen molar-refractivity contribution < 1.29 is 19.4 Å². The summed E-state index contributed by atoms with van der Waals surface area (Å²) in [6.07, 6.45) is 1.68. The van der Waals surface area contributed by atoms with Crippen LogP contribution in [0.3, 0.4) is 0 Å². The minimum Gasteiger partial charge on any atom is -0.489 e. The van der Waals surface area contributed by atoms with E-state index in [1.165, 1.54) is 17.1 Å². The molecule has 0 spiro atoms. The molecule has 1 N–H and O–H groups in total. The van der Waals surface area contributed by atoms with Crippen LogP contribution in [-0.2, 0) is 4.79 Å². The molecule has 0 bridgehead atoms. The average molecular weight is 522 g/mol. The van der Waals surface area contributed by atoms with Crippen molar-refractivity contribution in [2.75, 3.05) is 5.01 Å². The van der Waals surface area contributed by atoms with Gasteiger partial charge in [0.15, 0.2) is 0 Å². The Morgan fingerprint density at radius 3 is 2.62 bits per heavy atom. The minimum absolute atomic E-state index is 0.0473. The third-order valence-corrected chi connectivity index (χ3v) is 5.14. The molecular weight excluding hydrogens is 504 g/mol. The average Bonchev–Trinajstić information content (AvgIpc) is 2.92. The van der Waals surface area contributed by atoms with Crippen LogP contribution in [0.5, 0.6) is 5.75 Å². The number of hydrogen-bond acceptors (Lipinski definition) is 4. The first-order valence-corrected chi connectivity index (χ1v) is 10.4. The maximum absolute atomic E-state index is 13.0. The van der Waals surface area contributed by atoms with Crippen LogP contribution in [0.1, 0.15) is 36.7 Å². The summed E-state index contributed by atoms with van der Waals surface area (Å²) in [4.78, 5) is 24.3. The van der Waals surface area contributed by atoms with E-state index in [9.17, 15) is 14.7 Å². The fraction of sp³-hybridized carbons (Fsp3) is 0.190. The summed E-state index contributed by atoms with van der Waals surface area (Å²) in [5, 5.41) is 14.7. The van der Waals surface area contributed by atoms with Crippen molar-refractivity contribution in [3.05, 3.63) is 62.0 Å². The van der Waals surface area contributed by atoms with E-state index < -0.39 is 5.97 Å². The summed E-state index contributed by atoms with van der Waals surface area (Å²) in [6.45, 7) is 5.59. The van der Waals surface area contributed by atoms with Crippen LogP contribution < -0.4 is 9.75 Å². The number of hydrazone groups is 1. The molecule has 3 rings (SSSR count). The number of carboxylic acids is 1. The molecule has 29 heavy (non-hydrogen) atoms. The molecule has 0 unspecified atom stereocenters. The zero-order valence-electron chi connectivity index (χ0n) is 15.9. The molecule has 1 aliphatic rings. The van der Waals surface area contributed by atoms with Crippen molar-refractivity contribution >= 4 is 61.2 Å². The SMILES string of the molecule is CC1=NN(c2cccc(C(=O)O)c2)C(=O)/C1=C\c1cc(Br)cc(Br)c1OC(C)C. The number of carboxylic acid groups (broad SMARTS) is 1. The summed E-state index contributed by atoms with van der Waals surface area (Å²) in [5.41, 5.74) is 2.14. The predicted octanol–water partition coefficient (Wildman–Crippen LogP) is 5.50. The van der Waals surface area contributed by atoms with Crippen LogP contribution in [0.4, 0.5) is 5.69 Å². The Morgan fingerprint density at radius 2 is 1.97 bits per heavy atom. The van der Waals surface area contributed by atoms with E-state index in [1.807, 2.05) is 26.0 Å². The van der Waals surface area contributed by atoms with E-state index in [0.717, 1.165) is 14.5 Å². The first-order chi connectivity index (χ1) is 13.7. The van der Waals surface area contributed by atoms with Crippen molar-refractivity contribution in [1.29, 1.82) is 0 Å². The van der Waals surface area contributed by atoms with Gasteiger partial charge in [-0.2, -0.15) is 10.1 Å². The summed E-state index contributed by atoms with van der Waals surface area (Å²) in [6, 6.07) is 9.85. The first kappa shape index (κ1) is 21.3. The highest BCUT2D eigenvalue weighted by molar-refractivity contribution is 9.11. The highest BCUT2D eigenvalue weighted by Gasteiger charge is 2.29. The molecule has 0 aromatic heterocycles. The van der Waals surface area contributed by atoms with Crippen molar-refractivity contribution in [2.24, 2.45) is 5.10 Å². The fourth-order valence-electron chi connectivity index (χ4n) is 2.83. The molecule has 0 saturated heterocycles. The number of aromatic carboxylic acids is 1. The van der Waals surface area contributed by atoms with E-state index >= 15 is 0 Å². The number of benzene rings is 2. The molecule has 1 amide bonds. The van der Waals surface area contributed by atoms with Crippen molar-refractivity contribution in [3.8, 4) is 5.75 Å². The van der Waals surface area contributed by atoms with Crippen LogP contribution in [-0.4, -0.2) is 28.8 Å². The van der Waals surface area contributed by atoms with E-state index in [4.69, 9.17) is 4.74 Å². The highest BCUT2D eigenvalue weighted by atomic mass is 79.9. The zero-order valence-corrected chi connectivity index (χ0v) is 19.1. The van der Waals surface area contributed by atoms with Crippen molar-refractivity contribution in [2.45, 2.75) is 26.9 Å². The van der Waals surface area contributed by atoms with Gasteiger partial charge in [-0.25, -0.2) is 4.79 Å². The topological polar surface area (TPSA) is 79.2 Å². The second kappa shape index (κ2) is 8.51. The molecule has 0 atom stereocenters. The molecule has 1 aliphatic heterocycles. The van der Waals surface area contributed by atoms with Gasteiger partial charge >= 0.3 is 5.97 Å². The van der Waals surface area contributed by atoms with Gasteiger partial charge in [0.2, 0.25) is 0 Å². The lowest BCUT2D eigenvalue weighted by molar-refractivity contribution is -0.114. The summed E-state index contributed by atoms with van der Waals surface area (Å²) in [5.74, 6) is -0.774. The molecule has 0 saturated carbocycles. The lowest BCUT2D eigenvalue weighted by Crippen LogP contribution is -2.21. The lowest BCUT2D eigenvalue weighted by Gasteiger charge is -2.15.